The van der Waals surface area contributed by atoms with Crippen molar-refractivity contribution in [3.63, 3.8) is 0 Å². The van der Waals surface area contributed by atoms with E-state index in [9.17, 15) is 27.2 Å². The standard InChI is InChI=1S/C24H20F4N2O3/c25-20-13-17(33-24(26,27)28)10-11-18(20)15-6-8-16(9-7-15)21-19(22(31)30-23(32)29-21)12-14-4-2-1-3-5-14/h1-6,10-11,13,16H,7-9,12H2,(H2,29,30,31,32). The minimum absolute atomic E-state index is 0.154. The Morgan fingerprint density at radius 1 is 1.03 bits per heavy atom. The van der Waals surface area contributed by atoms with E-state index in [0.29, 0.717) is 48.6 Å². The number of halogens is 4. The average Bonchev–Trinajstić information content (AvgIpc) is 2.75. The summed E-state index contributed by atoms with van der Waals surface area (Å²) in [5.41, 5.74) is 1.77. The van der Waals surface area contributed by atoms with Crippen LogP contribution in [0.15, 0.2) is 64.2 Å². The molecule has 1 aliphatic carbocycles. The van der Waals surface area contributed by atoms with E-state index in [1.807, 2.05) is 30.3 Å². The summed E-state index contributed by atoms with van der Waals surface area (Å²) in [4.78, 5) is 29.5. The number of hydrogen-bond acceptors (Lipinski definition) is 3. The number of rotatable bonds is 5. The number of aromatic amines is 2. The van der Waals surface area contributed by atoms with E-state index in [1.54, 1.807) is 6.08 Å². The van der Waals surface area contributed by atoms with E-state index in [0.717, 1.165) is 11.6 Å². The predicted molar refractivity (Wildman–Crippen MR) is 115 cm³/mol. The molecule has 1 heterocycles. The third kappa shape index (κ3) is 5.42. The summed E-state index contributed by atoms with van der Waals surface area (Å²) >= 11 is 0. The molecule has 172 valence electrons. The molecule has 1 atom stereocenters. The van der Waals surface area contributed by atoms with E-state index < -0.39 is 29.2 Å². The molecule has 0 amide bonds. The lowest BCUT2D eigenvalue weighted by atomic mass is 9.82. The van der Waals surface area contributed by atoms with Gasteiger partial charge in [-0.05, 0) is 42.5 Å². The second-order valence-electron chi connectivity index (χ2n) is 7.85. The molecule has 2 N–H and O–H groups in total. The molecule has 5 nitrogen and oxygen atoms in total. The Balaban J connectivity index is 1.58. The Morgan fingerprint density at radius 3 is 2.42 bits per heavy atom. The third-order valence-electron chi connectivity index (χ3n) is 5.64. The van der Waals surface area contributed by atoms with Gasteiger partial charge in [0.1, 0.15) is 11.6 Å². The highest BCUT2D eigenvalue weighted by Gasteiger charge is 2.31. The maximum absolute atomic E-state index is 14.5. The number of H-pyrrole nitrogens is 2. The number of hydrogen-bond donors (Lipinski definition) is 2. The van der Waals surface area contributed by atoms with Crippen LogP contribution in [0.1, 0.15) is 47.6 Å². The van der Waals surface area contributed by atoms with Gasteiger partial charge in [0.25, 0.3) is 5.56 Å². The molecule has 33 heavy (non-hydrogen) atoms. The lowest BCUT2D eigenvalue weighted by molar-refractivity contribution is -0.274. The number of benzene rings is 2. The lowest BCUT2D eigenvalue weighted by Crippen LogP contribution is -2.30. The molecule has 4 rings (SSSR count). The van der Waals surface area contributed by atoms with Gasteiger partial charge in [-0.25, -0.2) is 9.18 Å². The van der Waals surface area contributed by atoms with Crippen LogP contribution in [0.3, 0.4) is 0 Å². The zero-order chi connectivity index (χ0) is 23.6. The first kappa shape index (κ1) is 22.6. The van der Waals surface area contributed by atoms with Gasteiger partial charge in [-0.15, -0.1) is 13.2 Å². The van der Waals surface area contributed by atoms with Crippen molar-refractivity contribution in [1.82, 2.24) is 9.97 Å². The highest BCUT2D eigenvalue weighted by molar-refractivity contribution is 5.67. The maximum Gasteiger partial charge on any atom is 0.573 e. The summed E-state index contributed by atoms with van der Waals surface area (Å²) in [5, 5.41) is 0. The summed E-state index contributed by atoms with van der Waals surface area (Å²) in [6.07, 6.45) is -1.34. The second kappa shape index (κ2) is 9.09. The van der Waals surface area contributed by atoms with Gasteiger partial charge in [0.05, 0.1) is 0 Å². The minimum Gasteiger partial charge on any atom is -0.406 e. The first-order chi connectivity index (χ1) is 15.7. The van der Waals surface area contributed by atoms with Gasteiger partial charge >= 0.3 is 12.1 Å². The Morgan fingerprint density at radius 2 is 1.79 bits per heavy atom. The van der Waals surface area contributed by atoms with Crippen LogP contribution in [-0.4, -0.2) is 16.3 Å². The van der Waals surface area contributed by atoms with Crippen molar-refractivity contribution in [2.24, 2.45) is 0 Å². The molecular formula is C24H20F4N2O3. The van der Waals surface area contributed by atoms with Crippen molar-refractivity contribution in [1.29, 1.82) is 0 Å². The summed E-state index contributed by atoms with van der Waals surface area (Å²) in [7, 11) is 0. The van der Waals surface area contributed by atoms with Crippen LogP contribution >= 0.6 is 0 Å². The van der Waals surface area contributed by atoms with Crippen molar-refractivity contribution < 1.29 is 22.3 Å². The second-order valence-corrected chi connectivity index (χ2v) is 7.85. The normalized spacial score (nSPS) is 16.4. The quantitative estimate of drug-likeness (QED) is 0.524. The van der Waals surface area contributed by atoms with Crippen molar-refractivity contribution in [2.75, 3.05) is 0 Å². The van der Waals surface area contributed by atoms with Crippen molar-refractivity contribution in [3.05, 3.63) is 104 Å². The van der Waals surface area contributed by atoms with Crippen molar-refractivity contribution >= 4 is 5.57 Å². The van der Waals surface area contributed by atoms with Crippen LogP contribution in [-0.2, 0) is 6.42 Å². The monoisotopic (exact) mass is 460 g/mol. The first-order valence-corrected chi connectivity index (χ1v) is 10.3. The summed E-state index contributed by atoms with van der Waals surface area (Å²) in [6.45, 7) is 0. The summed E-state index contributed by atoms with van der Waals surface area (Å²) in [6, 6.07) is 12.4. The first-order valence-electron chi connectivity index (χ1n) is 10.3. The molecule has 0 saturated carbocycles. The maximum atomic E-state index is 14.5. The summed E-state index contributed by atoms with van der Waals surface area (Å²) < 4.78 is 55.3. The van der Waals surface area contributed by atoms with Crippen molar-refractivity contribution in [2.45, 2.75) is 38.0 Å². The Labute approximate surface area is 185 Å². The van der Waals surface area contributed by atoms with Gasteiger partial charge in [0.15, 0.2) is 0 Å². The molecule has 0 bridgehead atoms. The highest BCUT2D eigenvalue weighted by Crippen LogP contribution is 2.37. The van der Waals surface area contributed by atoms with E-state index >= 15 is 0 Å². The molecule has 0 aliphatic heterocycles. The fraction of sp³-hybridized carbons (Fsp3) is 0.250. The van der Waals surface area contributed by atoms with Gasteiger partial charge in [-0.1, -0.05) is 36.4 Å². The number of ether oxygens (including phenoxy) is 1. The molecule has 1 unspecified atom stereocenters. The van der Waals surface area contributed by atoms with Crippen LogP contribution in [0.4, 0.5) is 17.6 Å². The van der Waals surface area contributed by atoms with Gasteiger partial charge in [0, 0.05) is 35.2 Å². The Hall–Kier alpha value is -3.62. The van der Waals surface area contributed by atoms with Gasteiger partial charge < -0.3 is 9.72 Å². The number of alkyl halides is 3. The number of nitrogens with one attached hydrogen (secondary N) is 2. The fourth-order valence-corrected chi connectivity index (χ4v) is 4.15. The summed E-state index contributed by atoms with van der Waals surface area (Å²) in [5.74, 6) is -1.58. The fourth-order valence-electron chi connectivity index (χ4n) is 4.15. The Bertz CT molecular complexity index is 1290. The minimum atomic E-state index is -4.90. The molecule has 0 spiro atoms. The van der Waals surface area contributed by atoms with Gasteiger partial charge in [-0.3, -0.25) is 9.78 Å². The zero-order valence-electron chi connectivity index (χ0n) is 17.3. The average molecular weight is 460 g/mol. The van der Waals surface area contributed by atoms with Gasteiger partial charge in [-0.2, -0.15) is 0 Å². The molecule has 1 aromatic heterocycles. The third-order valence-corrected chi connectivity index (χ3v) is 5.64. The lowest BCUT2D eigenvalue weighted by Gasteiger charge is -2.24. The van der Waals surface area contributed by atoms with Crippen LogP contribution < -0.4 is 16.0 Å². The van der Waals surface area contributed by atoms with E-state index in [-0.39, 0.29) is 11.5 Å². The topological polar surface area (TPSA) is 75.0 Å². The molecule has 1 aliphatic rings. The zero-order valence-corrected chi connectivity index (χ0v) is 17.3. The largest absolute Gasteiger partial charge is 0.573 e. The van der Waals surface area contributed by atoms with Crippen LogP contribution in [0.25, 0.3) is 5.57 Å². The molecule has 0 saturated heterocycles. The van der Waals surface area contributed by atoms with Crippen LogP contribution in [0, 0.1) is 5.82 Å². The van der Waals surface area contributed by atoms with Crippen LogP contribution in [0.2, 0.25) is 0 Å². The Kier molecular flexibility index (Phi) is 6.22. The smallest absolute Gasteiger partial charge is 0.406 e. The molecule has 0 fully saturated rings. The molecule has 3 aromatic rings. The van der Waals surface area contributed by atoms with E-state index in [1.165, 1.54) is 6.07 Å². The predicted octanol–water partition coefficient (Wildman–Crippen LogP) is 5.04. The SMILES string of the molecule is O=c1[nH]c(C2CC=C(c3ccc(OC(F)(F)F)cc3F)CC2)c(Cc2ccccc2)c(=O)[nH]1. The molecule has 0 radical (unpaired) electrons. The molecule has 9 heteroatoms. The number of aromatic nitrogens is 2. The van der Waals surface area contributed by atoms with E-state index in [4.69, 9.17) is 0 Å². The molecule has 2 aromatic carbocycles. The van der Waals surface area contributed by atoms with Gasteiger partial charge in [0.2, 0.25) is 0 Å². The van der Waals surface area contributed by atoms with E-state index in [2.05, 4.69) is 14.7 Å². The number of allylic oxidation sites excluding steroid dienone is 2. The van der Waals surface area contributed by atoms with Crippen LogP contribution in [0.5, 0.6) is 5.75 Å². The highest BCUT2D eigenvalue weighted by atomic mass is 19.4. The van der Waals surface area contributed by atoms with Crippen molar-refractivity contribution in [3.8, 4) is 5.75 Å². The molecular weight excluding hydrogens is 440 g/mol.